The van der Waals surface area contributed by atoms with Crippen LogP contribution in [0.1, 0.15) is 71.6 Å². The van der Waals surface area contributed by atoms with E-state index in [1.807, 2.05) is 0 Å². The first-order chi connectivity index (χ1) is 14.0. The van der Waals surface area contributed by atoms with E-state index in [1.165, 1.54) is 18.6 Å². The van der Waals surface area contributed by atoms with Gasteiger partial charge in [-0.15, -0.1) is 24.8 Å². The number of fused-ring (bicyclic) bond motifs is 5. The van der Waals surface area contributed by atoms with Crippen LogP contribution in [-0.4, -0.2) is 30.7 Å². The van der Waals surface area contributed by atoms with E-state index in [4.69, 9.17) is 11.3 Å². The van der Waals surface area contributed by atoms with Gasteiger partial charge in [0.2, 0.25) is 0 Å². The van der Waals surface area contributed by atoms with Crippen molar-refractivity contribution in [2.75, 3.05) is 13.1 Å². The number of carbonyl (C=O) groups is 1. The Morgan fingerprint density at radius 1 is 1.13 bits per heavy atom. The largest absolute Gasteiger partial charge is 0.391 e. The van der Waals surface area contributed by atoms with E-state index in [0.717, 1.165) is 58.0 Å². The van der Waals surface area contributed by atoms with Crippen LogP contribution >= 0.6 is 12.4 Å². The van der Waals surface area contributed by atoms with Crippen molar-refractivity contribution in [3.8, 4) is 12.3 Å². The number of hydrogen-bond acceptors (Lipinski definition) is 4. The molecule has 0 aromatic carbocycles. The maximum Gasteiger partial charge on any atom is 0.141 e. The average Bonchev–Trinajstić information content (AvgIpc) is 3.34. The molecule has 0 aromatic heterocycles. The van der Waals surface area contributed by atoms with Gasteiger partial charge >= 0.3 is 0 Å². The summed E-state index contributed by atoms with van der Waals surface area (Å²) in [6.07, 6.45) is 15.8. The van der Waals surface area contributed by atoms with Crippen molar-refractivity contribution in [1.29, 1.82) is 0 Å². The molecule has 5 fully saturated rings. The van der Waals surface area contributed by atoms with Crippen LogP contribution in [-0.2, 0) is 9.63 Å². The molecule has 4 saturated carbocycles. The topological polar surface area (TPSA) is 50.7 Å². The highest BCUT2D eigenvalue weighted by Gasteiger charge is 2.61. The fourth-order valence-corrected chi connectivity index (χ4v) is 8.05. The van der Waals surface area contributed by atoms with Crippen molar-refractivity contribution in [3.05, 3.63) is 0 Å². The lowest BCUT2D eigenvalue weighted by Crippen LogP contribution is -2.56. The Morgan fingerprint density at radius 2 is 1.97 bits per heavy atom. The van der Waals surface area contributed by atoms with Gasteiger partial charge in [-0.25, -0.2) is 0 Å². The summed E-state index contributed by atoms with van der Waals surface area (Å²) in [6, 6.07) is 0. The van der Waals surface area contributed by atoms with Gasteiger partial charge in [-0.1, -0.05) is 19.0 Å². The molecule has 30 heavy (non-hydrogen) atoms. The predicted octanol–water partition coefficient (Wildman–Crippen LogP) is 4.61. The van der Waals surface area contributed by atoms with E-state index in [1.54, 1.807) is 0 Å². The smallest absolute Gasteiger partial charge is 0.141 e. The summed E-state index contributed by atoms with van der Waals surface area (Å²) in [5.74, 6) is 6.41. The molecule has 5 rings (SSSR count). The van der Waals surface area contributed by atoms with Gasteiger partial charge in [-0.2, -0.15) is 0 Å². The van der Waals surface area contributed by atoms with Crippen LogP contribution in [0.25, 0.3) is 0 Å². The zero-order chi connectivity index (χ0) is 20.2. The Labute approximate surface area is 187 Å². The zero-order valence-corrected chi connectivity index (χ0v) is 19.3. The number of carbonyl (C=O) groups excluding carboxylic acids is 1. The minimum absolute atomic E-state index is 0. The summed E-state index contributed by atoms with van der Waals surface area (Å²) >= 11 is 0. The second kappa shape index (κ2) is 8.14. The van der Waals surface area contributed by atoms with E-state index >= 15 is 0 Å². The molecular weight excluding hydrogens is 396 g/mol. The molecule has 0 amide bonds. The summed E-state index contributed by atoms with van der Waals surface area (Å²) in [6.45, 7) is 6.70. The summed E-state index contributed by atoms with van der Waals surface area (Å²) in [4.78, 5) is 18.5. The number of Topliss-reactive ketones (excluding diaryl/α,β-unsaturated/α-hetero) is 1. The van der Waals surface area contributed by atoms with Crippen molar-refractivity contribution in [2.24, 2.45) is 45.6 Å². The quantitative estimate of drug-likeness (QED) is 0.511. The lowest BCUT2D eigenvalue weighted by Gasteiger charge is -2.61. The fourth-order valence-electron chi connectivity index (χ4n) is 8.05. The molecule has 1 aliphatic heterocycles. The summed E-state index contributed by atoms with van der Waals surface area (Å²) in [5.41, 5.74) is 1.42. The molecule has 0 spiro atoms. The highest BCUT2D eigenvalue weighted by atomic mass is 35.5. The van der Waals surface area contributed by atoms with Gasteiger partial charge < -0.3 is 10.2 Å². The summed E-state index contributed by atoms with van der Waals surface area (Å²) in [7, 11) is 0. The molecule has 1 heterocycles. The molecule has 4 aliphatic carbocycles. The van der Waals surface area contributed by atoms with Gasteiger partial charge in [0.05, 0.1) is 5.71 Å². The Kier molecular flexibility index (Phi) is 6.01. The van der Waals surface area contributed by atoms with Crippen molar-refractivity contribution in [2.45, 2.75) is 77.7 Å². The van der Waals surface area contributed by atoms with E-state index in [9.17, 15) is 4.79 Å². The first-order valence-corrected chi connectivity index (χ1v) is 11.9. The Balaban J connectivity index is 0.00000218. The van der Waals surface area contributed by atoms with Crippen LogP contribution < -0.4 is 5.32 Å². The number of nitrogens with one attached hydrogen (secondary N) is 1. The van der Waals surface area contributed by atoms with Crippen molar-refractivity contribution >= 4 is 23.9 Å². The molecule has 1 N–H and O–H groups in total. The van der Waals surface area contributed by atoms with E-state index in [-0.39, 0.29) is 29.3 Å². The number of ketones is 1. The Bertz CT molecular complexity index is 755. The second-order valence-corrected chi connectivity index (χ2v) is 11.0. The first-order valence-electron chi connectivity index (χ1n) is 11.9. The molecule has 0 unspecified atom stereocenters. The van der Waals surface area contributed by atoms with Crippen LogP contribution in [0.5, 0.6) is 0 Å². The third-order valence-corrected chi connectivity index (χ3v) is 9.82. The SMILES string of the molecule is C#C[C@H]1C[C@@H]2[C@H](CC[C@]3(C)C(=O)CC[C@@H]23)[C@@]2(C)CC/C(=N\O[C@@H]3CCNC3)C[C@H]12.Cl. The fraction of sp³-hybridized carbons (Fsp3) is 0.840. The number of hydrogen-bond donors (Lipinski definition) is 1. The maximum atomic E-state index is 12.7. The van der Waals surface area contributed by atoms with Gasteiger partial charge in [-0.05, 0) is 80.6 Å². The van der Waals surface area contributed by atoms with Gasteiger partial charge in [0.1, 0.15) is 11.9 Å². The average molecular weight is 433 g/mol. The standard InChI is InChI=1S/C25H36N2O2.ClH/c1-4-16-13-19-20-5-6-23(28)25(20,3)11-8-21(19)24(2)10-7-17(14-22(16)24)27-29-18-9-12-26-15-18;/h1,16,18-22,26H,5-15H2,2-3H3;1H/b27-17+;/t16-,18+,19-,20-,21-,22+,24+,25-;/m0./s1. The third kappa shape index (κ3) is 3.32. The lowest BCUT2D eigenvalue weighted by atomic mass is 9.43. The predicted molar refractivity (Wildman–Crippen MR) is 121 cm³/mol. The molecule has 166 valence electrons. The number of nitrogens with zero attached hydrogens (tertiary/aromatic N) is 1. The molecular formula is C25H37ClN2O2. The van der Waals surface area contributed by atoms with Crippen LogP contribution in [0.2, 0.25) is 0 Å². The second-order valence-electron chi connectivity index (χ2n) is 11.0. The highest BCUT2D eigenvalue weighted by molar-refractivity contribution is 5.87. The monoisotopic (exact) mass is 432 g/mol. The van der Waals surface area contributed by atoms with Crippen molar-refractivity contribution in [1.82, 2.24) is 5.32 Å². The van der Waals surface area contributed by atoms with Crippen LogP contribution in [0, 0.1) is 52.8 Å². The number of terminal acetylenes is 1. The van der Waals surface area contributed by atoms with Gasteiger partial charge in [-0.3, -0.25) is 4.79 Å². The van der Waals surface area contributed by atoms with Gasteiger partial charge in [0.15, 0.2) is 0 Å². The van der Waals surface area contributed by atoms with Gasteiger partial charge in [0, 0.05) is 30.7 Å². The van der Waals surface area contributed by atoms with Crippen molar-refractivity contribution in [3.63, 3.8) is 0 Å². The molecule has 5 heteroatoms. The number of rotatable bonds is 2. The third-order valence-electron chi connectivity index (χ3n) is 9.82. The number of oxime groups is 1. The van der Waals surface area contributed by atoms with E-state index < -0.39 is 0 Å². The summed E-state index contributed by atoms with van der Waals surface area (Å²) in [5, 5.41) is 7.94. The Hall–Kier alpha value is -1.05. The normalized spacial score (nSPS) is 48.8. The van der Waals surface area contributed by atoms with Crippen LogP contribution in [0.15, 0.2) is 5.16 Å². The minimum atomic E-state index is -0.0754. The highest BCUT2D eigenvalue weighted by Crippen LogP contribution is 2.66. The molecule has 4 nitrogen and oxygen atoms in total. The molecule has 0 bridgehead atoms. The number of halogens is 1. The molecule has 8 atom stereocenters. The maximum absolute atomic E-state index is 12.7. The molecule has 5 aliphatic rings. The molecule has 1 saturated heterocycles. The lowest BCUT2D eigenvalue weighted by molar-refractivity contribution is -0.139. The van der Waals surface area contributed by atoms with Crippen LogP contribution in [0.4, 0.5) is 0 Å². The van der Waals surface area contributed by atoms with Crippen LogP contribution in [0.3, 0.4) is 0 Å². The zero-order valence-electron chi connectivity index (χ0n) is 18.5. The first kappa shape index (κ1) is 22.2. The van der Waals surface area contributed by atoms with E-state index in [2.05, 4.69) is 30.2 Å². The molecule has 0 aromatic rings. The summed E-state index contributed by atoms with van der Waals surface area (Å²) < 4.78 is 0. The minimum Gasteiger partial charge on any atom is -0.391 e. The van der Waals surface area contributed by atoms with Crippen molar-refractivity contribution < 1.29 is 9.63 Å². The molecule has 0 radical (unpaired) electrons. The Morgan fingerprint density at radius 3 is 2.70 bits per heavy atom. The van der Waals surface area contributed by atoms with Gasteiger partial charge in [0.25, 0.3) is 0 Å². The van der Waals surface area contributed by atoms with E-state index in [0.29, 0.717) is 35.4 Å².